The van der Waals surface area contributed by atoms with E-state index in [9.17, 15) is 9.59 Å². The minimum atomic E-state index is -0.901. The maximum Gasteiger partial charge on any atom is 0.318 e. The number of urea groups is 1. The fourth-order valence-electron chi connectivity index (χ4n) is 3.83. The minimum absolute atomic E-state index is 0.0752. The molecule has 0 aliphatic carbocycles. The maximum absolute atomic E-state index is 13.1. The second kappa shape index (κ2) is 8.14. The van der Waals surface area contributed by atoms with Crippen LogP contribution < -0.4 is 10.6 Å². The van der Waals surface area contributed by atoms with Gasteiger partial charge in [-0.3, -0.25) is 9.78 Å². The smallest absolute Gasteiger partial charge is 0.318 e. The first-order valence-electron chi connectivity index (χ1n) is 9.28. The molecule has 2 aliphatic rings. The lowest BCUT2D eigenvalue weighted by atomic mass is 9.88. The molecule has 2 atom stereocenters. The zero-order valence-electron chi connectivity index (χ0n) is 15.6. The Morgan fingerprint density at radius 2 is 2.31 bits per heavy atom. The van der Waals surface area contributed by atoms with Crippen LogP contribution in [0.4, 0.5) is 4.79 Å². The highest BCUT2D eigenvalue weighted by molar-refractivity contribution is 6.05. The van der Waals surface area contributed by atoms with Gasteiger partial charge in [0.15, 0.2) is 5.78 Å². The third kappa shape index (κ3) is 4.04. The molecule has 142 valence electrons. The average molecular weight is 360 g/mol. The summed E-state index contributed by atoms with van der Waals surface area (Å²) < 4.78 is 5.24. The van der Waals surface area contributed by atoms with Crippen LogP contribution in [0, 0.1) is 12.8 Å². The molecule has 1 aromatic rings. The summed E-state index contributed by atoms with van der Waals surface area (Å²) in [6.07, 6.45) is 4.21. The molecule has 0 radical (unpaired) electrons. The summed E-state index contributed by atoms with van der Waals surface area (Å²) in [7, 11) is 1.69. The molecular weight excluding hydrogens is 332 g/mol. The van der Waals surface area contributed by atoms with Gasteiger partial charge in [0.25, 0.3) is 0 Å². The van der Waals surface area contributed by atoms with E-state index in [4.69, 9.17) is 4.74 Å². The third-order valence-corrected chi connectivity index (χ3v) is 5.32. The number of aromatic nitrogens is 1. The summed E-state index contributed by atoms with van der Waals surface area (Å²) >= 11 is 0. The standard InChI is InChI=1S/C19H28N4O3/c1-14-5-6-16(10-21-14)17(24)19(7-8-20-13-19)22-18(25)23-9-3-4-15(11-23)12-26-2/h5-6,10,15,20H,3-4,7-9,11-13H2,1-2H3,(H,22,25)/t15?,19-/m1/s1. The molecule has 0 aromatic carbocycles. The van der Waals surface area contributed by atoms with Crippen LogP contribution in [-0.2, 0) is 4.74 Å². The number of ketones is 1. The van der Waals surface area contributed by atoms with Crippen molar-refractivity contribution in [1.82, 2.24) is 20.5 Å². The Balaban J connectivity index is 1.72. The van der Waals surface area contributed by atoms with Crippen molar-refractivity contribution in [2.75, 3.05) is 39.9 Å². The highest BCUT2D eigenvalue weighted by Crippen LogP contribution is 2.23. The van der Waals surface area contributed by atoms with E-state index in [0.29, 0.717) is 44.1 Å². The van der Waals surface area contributed by atoms with Crippen molar-refractivity contribution in [1.29, 1.82) is 0 Å². The van der Waals surface area contributed by atoms with Crippen molar-refractivity contribution < 1.29 is 14.3 Å². The van der Waals surface area contributed by atoms with E-state index in [1.807, 2.05) is 17.9 Å². The van der Waals surface area contributed by atoms with E-state index in [1.54, 1.807) is 19.4 Å². The summed E-state index contributed by atoms with van der Waals surface area (Å²) in [4.78, 5) is 32.0. The largest absolute Gasteiger partial charge is 0.384 e. The minimum Gasteiger partial charge on any atom is -0.384 e. The third-order valence-electron chi connectivity index (χ3n) is 5.32. The number of aryl methyl sites for hydroxylation is 1. The highest BCUT2D eigenvalue weighted by atomic mass is 16.5. The van der Waals surface area contributed by atoms with Crippen LogP contribution in [0.2, 0.25) is 0 Å². The van der Waals surface area contributed by atoms with Crippen LogP contribution in [0.3, 0.4) is 0 Å². The molecule has 0 bridgehead atoms. The number of Topliss-reactive ketones (excluding diaryl/α,β-unsaturated/α-hetero) is 1. The number of amides is 2. The average Bonchev–Trinajstić information content (AvgIpc) is 3.12. The van der Waals surface area contributed by atoms with E-state index in [2.05, 4.69) is 15.6 Å². The predicted molar refractivity (Wildman–Crippen MR) is 98.2 cm³/mol. The highest BCUT2D eigenvalue weighted by Gasteiger charge is 2.44. The van der Waals surface area contributed by atoms with Crippen molar-refractivity contribution in [2.24, 2.45) is 5.92 Å². The Morgan fingerprint density at radius 1 is 1.46 bits per heavy atom. The Labute approximate surface area is 154 Å². The van der Waals surface area contributed by atoms with Gasteiger partial charge in [0.2, 0.25) is 0 Å². The molecule has 2 fully saturated rings. The molecule has 7 heteroatoms. The molecule has 3 heterocycles. The van der Waals surface area contributed by atoms with Gasteiger partial charge in [-0.1, -0.05) is 0 Å². The van der Waals surface area contributed by atoms with Crippen LogP contribution in [0.5, 0.6) is 0 Å². The summed E-state index contributed by atoms with van der Waals surface area (Å²) in [5, 5.41) is 6.26. The van der Waals surface area contributed by atoms with Gasteiger partial charge in [0.1, 0.15) is 5.54 Å². The second-order valence-corrected chi connectivity index (χ2v) is 7.37. The zero-order valence-corrected chi connectivity index (χ0v) is 15.6. The number of ether oxygens (including phenoxy) is 1. The first kappa shape index (κ1) is 18.8. The summed E-state index contributed by atoms with van der Waals surface area (Å²) in [6, 6.07) is 3.44. The number of nitrogens with zero attached hydrogens (tertiary/aromatic N) is 2. The van der Waals surface area contributed by atoms with Crippen LogP contribution >= 0.6 is 0 Å². The van der Waals surface area contributed by atoms with Crippen molar-refractivity contribution in [3.63, 3.8) is 0 Å². The number of carbonyl (C=O) groups is 2. The number of piperidine rings is 1. The van der Waals surface area contributed by atoms with E-state index in [1.165, 1.54) is 0 Å². The summed E-state index contributed by atoms with van der Waals surface area (Å²) in [6.45, 7) is 5.08. The first-order valence-corrected chi connectivity index (χ1v) is 9.28. The number of hydrogen-bond acceptors (Lipinski definition) is 5. The Bertz CT molecular complexity index is 639. The van der Waals surface area contributed by atoms with Crippen molar-refractivity contribution in [3.8, 4) is 0 Å². The predicted octanol–water partition coefficient (Wildman–Crippen LogP) is 1.37. The van der Waals surface area contributed by atoms with Gasteiger partial charge in [-0.25, -0.2) is 4.79 Å². The lowest BCUT2D eigenvalue weighted by molar-refractivity contribution is 0.0825. The molecule has 1 unspecified atom stereocenters. The van der Waals surface area contributed by atoms with Gasteiger partial charge in [-0.05, 0) is 44.9 Å². The van der Waals surface area contributed by atoms with E-state index in [0.717, 1.165) is 25.1 Å². The molecule has 1 aromatic heterocycles. The number of rotatable bonds is 5. The van der Waals surface area contributed by atoms with Crippen LogP contribution in [0.1, 0.15) is 35.3 Å². The van der Waals surface area contributed by atoms with E-state index < -0.39 is 5.54 Å². The van der Waals surface area contributed by atoms with Gasteiger partial charge in [0.05, 0.1) is 6.61 Å². The van der Waals surface area contributed by atoms with E-state index >= 15 is 0 Å². The Morgan fingerprint density at radius 3 is 2.96 bits per heavy atom. The number of carbonyl (C=O) groups excluding carboxylic acids is 2. The quantitative estimate of drug-likeness (QED) is 0.775. The molecule has 2 aliphatic heterocycles. The van der Waals surface area contributed by atoms with Crippen molar-refractivity contribution in [2.45, 2.75) is 31.7 Å². The van der Waals surface area contributed by atoms with Crippen LogP contribution in [0.15, 0.2) is 18.3 Å². The number of pyridine rings is 1. The summed E-state index contributed by atoms with van der Waals surface area (Å²) in [5.74, 6) is 0.281. The fraction of sp³-hybridized carbons (Fsp3) is 0.632. The monoisotopic (exact) mass is 360 g/mol. The molecule has 2 amide bonds. The normalized spacial score (nSPS) is 25.9. The SMILES string of the molecule is COCC1CCCN(C(=O)N[C@]2(C(=O)c3ccc(C)nc3)CCNC2)C1. The van der Waals surface area contributed by atoms with Gasteiger partial charge < -0.3 is 20.3 Å². The fourth-order valence-corrected chi connectivity index (χ4v) is 3.83. The summed E-state index contributed by atoms with van der Waals surface area (Å²) in [5.41, 5.74) is 0.500. The van der Waals surface area contributed by atoms with E-state index in [-0.39, 0.29) is 11.8 Å². The lowest BCUT2D eigenvalue weighted by Gasteiger charge is -2.36. The Kier molecular flexibility index (Phi) is 5.88. The molecular formula is C19H28N4O3. The topological polar surface area (TPSA) is 83.6 Å². The van der Waals surface area contributed by atoms with Gasteiger partial charge in [-0.15, -0.1) is 0 Å². The molecule has 2 saturated heterocycles. The van der Waals surface area contributed by atoms with Gasteiger partial charge >= 0.3 is 6.03 Å². The lowest BCUT2D eigenvalue weighted by Crippen LogP contribution is -2.60. The van der Waals surface area contributed by atoms with Crippen LogP contribution in [0.25, 0.3) is 0 Å². The second-order valence-electron chi connectivity index (χ2n) is 7.37. The van der Waals surface area contributed by atoms with Crippen molar-refractivity contribution >= 4 is 11.8 Å². The molecule has 7 nitrogen and oxygen atoms in total. The number of likely N-dealkylation sites (tertiary alicyclic amines) is 1. The molecule has 0 spiro atoms. The molecule has 3 rings (SSSR count). The maximum atomic E-state index is 13.1. The van der Waals surface area contributed by atoms with Crippen molar-refractivity contribution in [3.05, 3.63) is 29.6 Å². The molecule has 0 saturated carbocycles. The molecule has 26 heavy (non-hydrogen) atoms. The zero-order chi connectivity index (χ0) is 18.6. The van der Waals surface area contributed by atoms with Gasteiger partial charge in [-0.2, -0.15) is 0 Å². The first-order chi connectivity index (χ1) is 12.5. The number of nitrogens with one attached hydrogen (secondary N) is 2. The van der Waals surface area contributed by atoms with Crippen LogP contribution in [-0.4, -0.2) is 67.1 Å². The Hall–Kier alpha value is -1.99. The number of methoxy groups -OCH3 is 1. The molecule has 2 N–H and O–H groups in total. The number of hydrogen-bond donors (Lipinski definition) is 2. The van der Waals surface area contributed by atoms with Gasteiger partial charge in [0, 0.05) is 50.1 Å².